The Morgan fingerprint density at radius 1 is 0.525 bits per heavy atom. The molecule has 0 aliphatic carbocycles. The third kappa shape index (κ3) is 3.15. The lowest BCUT2D eigenvalue weighted by atomic mass is 10.0. The summed E-state index contributed by atoms with van der Waals surface area (Å²) in [6.07, 6.45) is 0. The van der Waals surface area contributed by atoms with Gasteiger partial charge in [-0.2, -0.15) is 4.98 Å². The summed E-state index contributed by atoms with van der Waals surface area (Å²) in [5.41, 5.74) is 3.07. The summed E-state index contributed by atoms with van der Waals surface area (Å²) in [6, 6.07) is 35.3. The maximum Gasteiger partial charge on any atom is 0.358 e. The van der Waals surface area contributed by atoms with Gasteiger partial charge in [0, 0.05) is 21.7 Å². The molecule has 0 spiro atoms. The molecule has 5 aromatic carbocycles. The molecule has 8 rings (SSSR count). The molecule has 7 nitrogen and oxygen atoms in total. The van der Waals surface area contributed by atoms with Crippen LogP contribution >= 0.6 is 0 Å². The highest BCUT2D eigenvalue weighted by atomic mass is 16.3. The Labute approximate surface area is 225 Å². The minimum absolute atomic E-state index is 0.220. The van der Waals surface area contributed by atoms with E-state index in [0.717, 1.165) is 26.1 Å². The molecule has 0 amide bonds. The van der Waals surface area contributed by atoms with Crippen molar-refractivity contribution in [2.45, 2.75) is 0 Å². The van der Waals surface area contributed by atoms with Gasteiger partial charge in [-0.15, -0.1) is 0 Å². The molecule has 0 radical (unpaired) electrons. The number of rotatable bonds is 3. The van der Waals surface area contributed by atoms with E-state index in [9.17, 15) is 9.59 Å². The molecule has 0 atom stereocenters. The molecule has 0 N–H and O–H groups in total. The van der Waals surface area contributed by atoms with Crippen LogP contribution < -0.4 is 11.4 Å². The highest BCUT2D eigenvalue weighted by Gasteiger charge is 2.23. The van der Waals surface area contributed by atoms with Gasteiger partial charge in [0.2, 0.25) is 0 Å². The molecule has 0 aliphatic rings. The monoisotopic (exact) mass is 521 g/mol. The first-order valence-corrected chi connectivity index (χ1v) is 12.8. The van der Waals surface area contributed by atoms with Gasteiger partial charge in [0.05, 0.1) is 16.8 Å². The summed E-state index contributed by atoms with van der Waals surface area (Å²) in [7, 11) is 0. The number of hydrogen-bond donors (Lipinski definition) is 0. The van der Waals surface area contributed by atoms with Crippen molar-refractivity contribution in [3.63, 3.8) is 0 Å². The van der Waals surface area contributed by atoms with Crippen LogP contribution in [0.5, 0.6) is 0 Å². The fraction of sp³-hybridized carbons (Fsp3) is 0. The van der Waals surface area contributed by atoms with Crippen LogP contribution in [-0.2, 0) is 0 Å². The molecule has 0 bridgehead atoms. The first kappa shape index (κ1) is 22.3. The van der Waals surface area contributed by atoms with Crippen molar-refractivity contribution in [2.24, 2.45) is 0 Å². The van der Waals surface area contributed by atoms with E-state index in [4.69, 9.17) is 8.83 Å². The van der Waals surface area contributed by atoms with Crippen LogP contribution in [0, 0.1) is 0 Å². The summed E-state index contributed by atoms with van der Waals surface area (Å²) in [5.74, 6) is 0.220. The van der Waals surface area contributed by atoms with Crippen LogP contribution in [0.25, 0.3) is 66.6 Å². The molecular weight excluding hydrogens is 502 g/mol. The molecule has 7 heteroatoms. The molecule has 3 aromatic heterocycles. The molecular formula is C33H19N3O4. The number of fused-ring (bicyclic) bond motifs is 6. The van der Waals surface area contributed by atoms with Crippen molar-refractivity contribution in [1.82, 2.24) is 14.1 Å². The van der Waals surface area contributed by atoms with Gasteiger partial charge in [0.25, 0.3) is 0 Å². The second kappa shape index (κ2) is 8.41. The van der Waals surface area contributed by atoms with E-state index < -0.39 is 11.4 Å². The topological polar surface area (TPSA) is 83.2 Å². The third-order valence-electron chi connectivity index (χ3n) is 7.27. The van der Waals surface area contributed by atoms with Gasteiger partial charge in [0.15, 0.2) is 5.82 Å². The Balaban J connectivity index is 1.57. The standard InChI is InChI=1S/C33H19N3O4/c37-32-34-31(23-14-8-18-27-29(23)21-12-4-6-16-25(21)39-27)36(33(38)35(32)20-10-2-1-3-11-20)24-15-9-19-28-30(24)22-13-5-7-17-26(22)40-28/h1-19H. The summed E-state index contributed by atoms with van der Waals surface area (Å²) < 4.78 is 14.9. The number of aromatic nitrogens is 3. The Morgan fingerprint density at radius 2 is 1.10 bits per heavy atom. The normalized spacial score (nSPS) is 11.7. The van der Waals surface area contributed by atoms with E-state index in [-0.39, 0.29) is 5.82 Å². The van der Waals surface area contributed by atoms with Crippen LogP contribution in [0.2, 0.25) is 0 Å². The molecule has 190 valence electrons. The SMILES string of the molecule is O=c1nc(-c2cccc3oc4ccccc4c23)n(-c2cccc3oc4ccccc4c23)c(=O)n1-c1ccccc1. The third-order valence-corrected chi connectivity index (χ3v) is 7.27. The Bertz CT molecular complexity index is 2380. The lowest BCUT2D eigenvalue weighted by Crippen LogP contribution is -2.40. The predicted octanol–water partition coefficient (Wildman–Crippen LogP) is 6.85. The minimum atomic E-state index is -0.670. The fourth-order valence-corrected chi connectivity index (χ4v) is 5.56. The number of benzene rings is 5. The van der Waals surface area contributed by atoms with E-state index >= 15 is 0 Å². The highest BCUT2D eigenvalue weighted by Crippen LogP contribution is 2.38. The Hall–Kier alpha value is -5.69. The van der Waals surface area contributed by atoms with Gasteiger partial charge in [-0.3, -0.25) is 0 Å². The molecule has 0 saturated carbocycles. The largest absolute Gasteiger partial charge is 0.456 e. The van der Waals surface area contributed by atoms with E-state index in [1.807, 2.05) is 91.0 Å². The van der Waals surface area contributed by atoms with Gasteiger partial charge >= 0.3 is 11.4 Å². The summed E-state index contributed by atoms with van der Waals surface area (Å²) in [6.45, 7) is 0. The second-order valence-corrected chi connectivity index (χ2v) is 9.53. The van der Waals surface area contributed by atoms with Crippen LogP contribution in [0.1, 0.15) is 0 Å². The summed E-state index contributed by atoms with van der Waals surface area (Å²) in [4.78, 5) is 32.6. The van der Waals surface area contributed by atoms with Gasteiger partial charge in [-0.05, 0) is 42.5 Å². The molecule has 0 unspecified atom stereocenters. The fourth-order valence-electron chi connectivity index (χ4n) is 5.56. The maximum absolute atomic E-state index is 14.5. The summed E-state index contributed by atoms with van der Waals surface area (Å²) in [5, 5.41) is 3.26. The van der Waals surface area contributed by atoms with Gasteiger partial charge in [-0.1, -0.05) is 72.8 Å². The molecule has 0 fully saturated rings. The molecule has 0 aliphatic heterocycles. The molecule has 3 heterocycles. The number of hydrogen-bond acceptors (Lipinski definition) is 5. The van der Waals surface area contributed by atoms with Crippen molar-refractivity contribution in [1.29, 1.82) is 0 Å². The van der Waals surface area contributed by atoms with Crippen LogP contribution in [0.4, 0.5) is 0 Å². The summed E-state index contributed by atoms with van der Waals surface area (Å²) >= 11 is 0. The molecule has 8 aromatic rings. The van der Waals surface area contributed by atoms with Gasteiger partial charge < -0.3 is 8.83 Å². The van der Waals surface area contributed by atoms with Crippen molar-refractivity contribution >= 4 is 43.9 Å². The second-order valence-electron chi connectivity index (χ2n) is 9.53. The van der Waals surface area contributed by atoms with E-state index in [1.54, 1.807) is 24.3 Å². The van der Waals surface area contributed by atoms with E-state index in [0.29, 0.717) is 39.3 Å². The van der Waals surface area contributed by atoms with Crippen molar-refractivity contribution in [3.05, 3.63) is 136 Å². The zero-order valence-corrected chi connectivity index (χ0v) is 20.9. The highest BCUT2D eigenvalue weighted by molar-refractivity contribution is 6.12. The van der Waals surface area contributed by atoms with Gasteiger partial charge in [0.1, 0.15) is 22.3 Å². The van der Waals surface area contributed by atoms with Crippen molar-refractivity contribution in [3.8, 4) is 22.8 Å². The first-order chi connectivity index (χ1) is 19.7. The van der Waals surface area contributed by atoms with Crippen molar-refractivity contribution < 1.29 is 8.83 Å². The zero-order valence-electron chi connectivity index (χ0n) is 20.9. The van der Waals surface area contributed by atoms with Gasteiger partial charge in [-0.25, -0.2) is 18.7 Å². The van der Waals surface area contributed by atoms with Crippen LogP contribution in [0.3, 0.4) is 0 Å². The lowest BCUT2D eigenvalue weighted by Gasteiger charge is -2.16. The van der Waals surface area contributed by atoms with E-state index in [1.165, 1.54) is 4.57 Å². The number of furan rings is 2. The Kier molecular flexibility index (Phi) is 4.69. The quantitative estimate of drug-likeness (QED) is 0.254. The maximum atomic E-state index is 14.5. The average molecular weight is 522 g/mol. The lowest BCUT2D eigenvalue weighted by molar-refractivity contribution is 0.668. The van der Waals surface area contributed by atoms with Crippen molar-refractivity contribution in [2.75, 3.05) is 0 Å². The minimum Gasteiger partial charge on any atom is -0.456 e. The first-order valence-electron chi connectivity index (χ1n) is 12.8. The number of nitrogens with zero attached hydrogens (tertiary/aromatic N) is 3. The molecule has 0 saturated heterocycles. The predicted molar refractivity (Wildman–Crippen MR) is 155 cm³/mol. The number of para-hydroxylation sites is 3. The van der Waals surface area contributed by atoms with Crippen LogP contribution in [0.15, 0.2) is 134 Å². The van der Waals surface area contributed by atoms with Crippen LogP contribution in [-0.4, -0.2) is 14.1 Å². The Morgan fingerprint density at radius 3 is 1.82 bits per heavy atom. The molecule has 40 heavy (non-hydrogen) atoms. The van der Waals surface area contributed by atoms with E-state index in [2.05, 4.69) is 4.98 Å². The smallest absolute Gasteiger partial charge is 0.358 e. The average Bonchev–Trinajstić information content (AvgIpc) is 3.56. The zero-order chi connectivity index (χ0) is 26.8.